The fourth-order valence-electron chi connectivity index (χ4n) is 1.41. The number of anilines is 1. The van der Waals surface area contributed by atoms with Crippen LogP contribution in [0.2, 0.25) is 0 Å². The van der Waals surface area contributed by atoms with Crippen LogP contribution in [0.1, 0.15) is 26.7 Å². The Balaban J connectivity index is 3.04. The lowest BCUT2D eigenvalue weighted by atomic mass is 10.3. The van der Waals surface area contributed by atoms with Crippen molar-refractivity contribution in [3.8, 4) is 0 Å². The van der Waals surface area contributed by atoms with E-state index in [1.165, 1.54) is 11.3 Å². The van der Waals surface area contributed by atoms with Crippen molar-refractivity contribution in [2.75, 3.05) is 23.9 Å². The van der Waals surface area contributed by atoms with Gasteiger partial charge in [0.1, 0.15) is 6.33 Å². The predicted molar refractivity (Wildman–Crippen MR) is 64.5 cm³/mol. The van der Waals surface area contributed by atoms with Crippen LogP contribution in [-0.2, 0) is 4.79 Å². The third-order valence-electron chi connectivity index (χ3n) is 2.22. The highest BCUT2D eigenvalue weighted by Gasteiger charge is 2.14. The Hall–Kier alpha value is -1.92. The lowest BCUT2D eigenvalue weighted by Crippen LogP contribution is -2.47. The van der Waals surface area contributed by atoms with E-state index in [4.69, 9.17) is 0 Å². The minimum atomic E-state index is -0.518. The molecule has 0 radical (unpaired) electrons. The van der Waals surface area contributed by atoms with Gasteiger partial charge in [-0.3, -0.25) is 4.79 Å². The summed E-state index contributed by atoms with van der Waals surface area (Å²) in [6.45, 7) is 4.11. The van der Waals surface area contributed by atoms with Gasteiger partial charge in [-0.25, -0.2) is 14.8 Å². The molecule has 0 saturated heterocycles. The SMILES string of the molecule is CCCC(=O)N(CC)n1cnc(NC)nc1=O. The van der Waals surface area contributed by atoms with E-state index in [9.17, 15) is 9.59 Å². The van der Waals surface area contributed by atoms with Crippen LogP contribution in [0.5, 0.6) is 0 Å². The summed E-state index contributed by atoms with van der Waals surface area (Å²) in [7, 11) is 1.62. The Bertz CT molecular complexity index is 443. The maximum Gasteiger partial charge on any atom is 0.371 e. The van der Waals surface area contributed by atoms with Crippen LogP contribution in [-0.4, -0.2) is 34.1 Å². The van der Waals surface area contributed by atoms with Crippen LogP contribution in [0.25, 0.3) is 0 Å². The van der Waals surface area contributed by atoms with Crippen molar-refractivity contribution in [2.24, 2.45) is 0 Å². The van der Waals surface area contributed by atoms with Gasteiger partial charge in [0.2, 0.25) is 11.9 Å². The van der Waals surface area contributed by atoms with Gasteiger partial charge in [0.05, 0.1) is 0 Å². The molecule has 1 heterocycles. The van der Waals surface area contributed by atoms with Crippen LogP contribution in [0.3, 0.4) is 0 Å². The summed E-state index contributed by atoms with van der Waals surface area (Å²) in [6.07, 6.45) is 2.44. The molecule has 0 aliphatic rings. The maximum atomic E-state index is 11.8. The van der Waals surface area contributed by atoms with E-state index in [1.54, 1.807) is 14.0 Å². The number of hydrogen-bond donors (Lipinski definition) is 1. The van der Waals surface area contributed by atoms with Crippen molar-refractivity contribution >= 4 is 11.9 Å². The zero-order chi connectivity index (χ0) is 12.8. The van der Waals surface area contributed by atoms with Gasteiger partial charge in [-0.15, -0.1) is 0 Å². The number of aromatic nitrogens is 3. The van der Waals surface area contributed by atoms with Crippen molar-refractivity contribution in [1.29, 1.82) is 0 Å². The molecule has 1 aromatic rings. The average molecular weight is 239 g/mol. The first-order chi connectivity index (χ1) is 8.13. The van der Waals surface area contributed by atoms with E-state index < -0.39 is 5.69 Å². The molecule has 0 spiro atoms. The summed E-state index contributed by atoms with van der Waals surface area (Å²) in [5, 5.41) is 4.01. The largest absolute Gasteiger partial charge is 0.371 e. The molecule has 1 amide bonds. The molecule has 0 unspecified atom stereocenters. The molecule has 7 heteroatoms. The van der Waals surface area contributed by atoms with Crippen molar-refractivity contribution in [3.63, 3.8) is 0 Å². The zero-order valence-corrected chi connectivity index (χ0v) is 10.3. The summed E-state index contributed by atoms with van der Waals surface area (Å²) in [6, 6.07) is 0. The topological polar surface area (TPSA) is 80.1 Å². The van der Waals surface area contributed by atoms with E-state index >= 15 is 0 Å². The Labute approximate surface area is 99.5 Å². The molecular formula is C10H17N5O2. The maximum absolute atomic E-state index is 11.8. The highest BCUT2D eigenvalue weighted by Crippen LogP contribution is 1.96. The highest BCUT2D eigenvalue weighted by molar-refractivity contribution is 5.85. The molecule has 0 aliphatic heterocycles. The van der Waals surface area contributed by atoms with Gasteiger partial charge in [-0.05, 0) is 13.3 Å². The molecule has 7 nitrogen and oxygen atoms in total. The lowest BCUT2D eigenvalue weighted by molar-refractivity contribution is -0.120. The molecule has 1 N–H and O–H groups in total. The number of nitrogens with zero attached hydrogens (tertiary/aromatic N) is 4. The normalized spacial score (nSPS) is 10.1. The summed E-state index contributed by atoms with van der Waals surface area (Å²) in [5.74, 6) is 0.128. The summed E-state index contributed by atoms with van der Waals surface area (Å²) in [5.41, 5.74) is -0.518. The smallest absolute Gasteiger partial charge is 0.357 e. The van der Waals surface area contributed by atoms with Crippen LogP contribution in [0.4, 0.5) is 5.95 Å². The molecule has 0 atom stereocenters. The van der Waals surface area contributed by atoms with E-state index in [0.717, 1.165) is 11.1 Å². The van der Waals surface area contributed by atoms with Crippen molar-refractivity contribution < 1.29 is 4.79 Å². The monoisotopic (exact) mass is 239 g/mol. The van der Waals surface area contributed by atoms with Crippen LogP contribution in [0.15, 0.2) is 11.1 Å². The molecule has 1 aromatic heterocycles. The Morgan fingerprint density at radius 1 is 1.53 bits per heavy atom. The third-order valence-corrected chi connectivity index (χ3v) is 2.22. The zero-order valence-electron chi connectivity index (χ0n) is 10.3. The summed E-state index contributed by atoms with van der Waals surface area (Å²) >= 11 is 0. The van der Waals surface area contributed by atoms with Gasteiger partial charge in [0.25, 0.3) is 0 Å². The Morgan fingerprint density at radius 3 is 2.71 bits per heavy atom. The first-order valence-corrected chi connectivity index (χ1v) is 5.58. The number of carbonyl (C=O) groups excluding carboxylic acids is 1. The second-order valence-corrected chi connectivity index (χ2v) is 3.42. The van der Waals surface area contributed by atoms with Crippen LogP contribution < -0.4 is 16.0 Å². The number of rotatable bonds is 5. The van der Waals surface area contributed by atoms with E-state index in [2.05, 4.69) is 15.3 Å². The molecule has 0 aromatic carbocycles. The quantitative estimate of drug-likeness (QED) is 0.780. The fourth-order valence-corrected chi connectivity index (χ4v) is 1.41. The number of nitrogens with one attached hydrogen (secondary N) is 1. The molecule has 0 saturated carbocycles. The highest BCUT2D eigenvalue weighted by atomic mass is 16.2. The van der Waals surface area contributed by atoms with E-state index in [1.807, 2.05) is 6.92 Å². The Kier molecular flexibility index (Phi) is 4.62. The van der Waals surface area contributed by atoms with Crippen molar-refractivity contribution in [2.45, 2.75) is 26.7 Å². The molecule has 94 valence electrons. The first kappa shape index (κ1) is 13.1. The molecule has 17 heavy (non-hydrogen) atoms. The minimum Gasteiger partial charge on any atom is -0.357 e. The first-order valence-electron chi connectivity index (χ1n) is 5.58. The van der Waals surface area contributed by atoms with Gasteiger partial charge in [0, 0.05) is 20.0 Å². The summed E-state index contributed by atoms with van der Waals surface area (Å²) < 4.78 is 1.14. The van der Waals surface area contributed by atoms with E-state index in [-0.39, 0.29) is 11.9 Å². The lowest BCUT2D eigenvalue weighted by Gasteiger charge is -2.21. The second kappa shape index (κ2) is 5.97. The molecular weight excluding hydrogens is 222 g/mol. The fraction of sp³-hybridized carbons (Fsp3) is 0.600. The van der Waals surface area contributed by atoms with Gasteiger partial charge >= 0.3 is 5.69 Å². The molecule has 0 bridgehead atoms. The number of hydrogen-bond acceptors (Lipinski definition) is 5. The van der Waals surface area contributed by atoms with Crippen molar-refractivity contribution in [3.05, 3.63) is 16.8 Å². The molecule has 0 fully saturated rings. The van der Waals surface area contributed by atoms with Gasteiger partial charge in [0.15, 0.2) is 0 Å². The predicted octanol–water partition coefficient (Wildman–Crippen LogP) is -0.0354. The number of amides is 1. The third kappa shape index (κ3) is 3.02. The van der Waals surface area contributed by atoms with Gasteiger partial charge < -0.3 is 5.32 Å². The molecule has 0 aliphatic carbocycles. The van der Waals surface area contributed by atoms with Crippen LogP contribution in [0, 0.1) is 0 Å². The van der Waals surface area contributed by atoms with Gasteiger partial charge in [-0.1, -0.05) is 6.92 Å². The number of carbonyl (C=O) groups is 1. The second-order valence-electron chi connectivity index (χ2n) is 3.42. The van der Waals surface area contributed by atoms with E-state index in [0.29, 0.717) is 13.0 Å². The van der Waals surface area contributed by atoms with Gasteiger partial charge in [-0.2, -0.15) is 9.66 Å². The standard InChI is InChI=1S/C10H17N5O2/c1-4-6-8(16)14(5-2)15-7-12-9(11-3)13-10(15)17/h7H,4-6H2,1-3H3,(H,11,13,17). The average Bonchev–Trinajstić information content (AvgIpc) is 2.32. The summed E-state index contributed by atoms with van der Waals surface area (Å²) in [4.78, 5) is 31.1. The van der Waals surface area contributed by atoms with Crippen LogP contribution >= 0.6 is 0 Å². The Morgan fingerprint density at radius 2 is 2.24 bits per heavy atom. The molecule has 1 rings (SSSR count). The minimum absolute atomic E-state index is 0.113. The van der Waals surface area contributed by atoms with Crippen molar-refractivity contribution in [1.82, 2.24) is 14.6 Å².